The van der Waals surface area contributed by atoms with Crippen molar-refractivity contribution < 1.29 is 16.8 Å². The molecule has 1 aromatic carbocycles. The van der Waals surface area contributed by atoms with Gasteiger partial charge in [0.1, 0.15) is 0 Å². The zero-order chi connectivity index (χ0) is 19.8. The van der Waals surface area contributed by atoms with Gasteiger partial charge in [0.2, 0.25) is 10.0 Å². The largest absolute Gasteiger partial charge is 0.335 e. The lowest BCUT2D eigenvalue weighted by Crippen LogP contribution is -2.37. The molecule has 0 saturated carbocycles. The number of H-pyrrole nitrogens is 1. The topological polar surface area (TPSA) is 103 Å². The van der Waals surface area contributed by atoms with Gasteiger partial charge in [0.15, 0.2) is 5.03 Å². The first-order valence-corrected chi connectivity index (χ1v) is 12.4. The van der Waals surface area contributed by atoms with Crippen LogP contribution in [0.25, 0.3) is 0 Å². The van der Waals surface area contributed by atoms with Crippen LogP contribution in [0, 0.1) is 0 Å². The number of hydrogen-bond donors (Lipinski definition) is 1. The molecule has 2 aliphatic rings. The van der Waals surface area contributed by atoms with Crippen LogP contribution in [0.2, 0.25) is 0 Å². The second-order valence-corrected chi connectivity index (χ2v) is 11.1. The summed E-state index contributed by atoms with van der Waals surface area (Å²) in [6.07, 6.45) is 7.16. The van der Waals surface area contributed by atoms with Gasteiger partial charge in [-0.3, -0.25) is 0 Å². The molecule has 1 N–H and O–H groups in total. The predicted molar refractivity (Wildman–Crippen MR) is 104 cm³/mol. The van der Waals surface area contributed by atoms with E-state index in [-0.39, 0.29) is 24.7 Å². The highest BCUT2D eigenvalue weighted by atomic mass is 32.2. The molecular formula is C18H24N4O4S2. The van der Waals surface area contributed by atoms with Crippen molar-refractivity contribution in [3.8, 4) is 0 Å². The minimum atomic E-state index is -3.69. The fourth-order valence-electron chi connectivity index (χ4n) is 3.89. The number of fused-ring (bicyclic) bond motifs is 1. The lowest BCUT2D eigenvalue weighted by molar-refractivity contribution is 0.403. The van der Waals surface area contributed by atoms with E-state index < -0.39 is 20.0 Å². The quantitative estimate of drug-likeness (QED) is 0.798. The van der Waals surface area contributed by atoms with Crippen molar-refractivity contribution >= 4 is 20.0 Å². The number of nitrogens with one attached hydrogen (secondary N) is 1. The summed E-state index contributed by atoms with van der Waals surface area (Å²) in [4.78, 5) is 6.69. The van der Waals surface area contributed by atoms with Crippen molar-refractivity contribution in [3.63, 3.8) is 0 Å². The number of hydrogen-bond acceptors (Lipinski definition) is 5. The fraction of sp³-hybridized carbons (Fsp3) is 0.500. The molecule has 10 heteroatoms. The summed E-state index contributed by atoms with van der Waals surface area (Å²) < 4.78 is 54.4. The standard InChI is InChI=1S/C18H24N4O4S2/c23-27(24,17-7-6-15-4-1-2-5-16(15)12-17)21-8-3-9-22(11-10-21)28(25,26)18-13-19-14-20-18/h6-7,12-14H,1-5,8-11H2,(H,19,20). The van der Waals surface area contributed by atoms with Gasteiger partial charge in [0, 0.05) is 26.2 Å². The van der Waals surface area contributed by atoms with E-state index in [9.17, 15) is 16.8 Å². The van der Waals surface area contributed by atoms with E-state index >= 15 is 0 Å². The van der Waals surface area contributed by atoms with Crippen LogP contribution in [0.15, 0.2) is 40.6 Å². The van der Waals surface area contributed by atoms with Gasteiger partial charge in [-0.25, -0.2) is 21.8 Å². The maximum Gasteiger partial charge on any atom is 0.260 e. The van der Waals surface area contributed by atoms with Crippen LogP contribution in [0.3, 0.4) is 0 Å². The third kappa shape index (κ3) is 3.61. The highest BCUT2D eigenvalue weighted by Gasteiger charge is 2.32. The van der Waals surface area contributed by atoms with Crippen molar-refractivity contribution in [1.29, 1.82) is 0 Å². The summed E-state index contributed by atoms with van der Waals surface area (Å²) in [5.41, 5.74) is 2.35. The smallest absolute Gasteiger partial charge is 0.260 e. The molecule has 1 saturated heterocycles. The number of sulfonamides is 2. The van der Waals surface area contributed by atoms with Crippen LogP contribution in [-0.2, 0) is 32.9 Å². The molecule has 0 spiro atoms. The van der Waals surface area contributed by atoms with E-state index in [4.69, 9.17) is 0 Å². The van der Waals surface area contributed by atoms with E-state index in [2.05, 4.69) is 9.97 Å². The van der Waals surface area contributed by atoms with Crippen molar-refractivity contribution in [2.24, 2.45) is 0 Å². The van der Waals surface area contributed by atoms with Crippen molar-refractivity contribution in [2.45, 2.75) is 42.0 Å². The van der Waals surface area contributed by atoms with Crippen molar-refractivity contribution in [1.82, 2.24) is 18.6 Å². The first-order valence-electron chi connectivity index (χ1n) is 9.49. The Morgan fingerprint density at radius 2 is 1.50 bits per heavy atom. The SMILES string of the molecule is O=S(=O)(c1ccc2c(c1)CCCC2)N1CCCN(S(=O)(=O)c2cnc[nH]2)CC1. The summed E-state index contributed by atoms with van der Waals surface area (Å²) in [5, 5.41) is 0.0264. The molecule has 2 heterocycles. The number of benzene rings is 1. The Hall–Kier alpha value is -1.75. The van der Waals surface area contributed by atoms with Crippen LogP contribution < -0.4 is 0 Å². The minimum Gasteiger partial charge on any atom is -0.335 e. The average molecular weight is 425 g/mol. The Balaban J connectivity index is 1.54. The first kappa shape index (κ1) is 19.6. The number of aromatic amines is 1. The molecule has 1 aromatic heterocycles. The Kier molecular flexibility index (Phi) is 5.30. The molecule has 0 radical (unpaired) electrons. The van der Waals surface area contributed by atoms with Crippen LogP contribution in [0.1, 0.15) is 30.4 Å². The van der Waals surface area contributed by atoms with Gasteiger partial charge in [-0.1, -0.05) is 6.07 Å². The van der Waals surface area contributed by atoms with E-state index in [1.54, 1.807) is 12.1 Å². The normalized spacial score (nSPS) is 19.9. The number of rotatable bonds is 4. The Morgan fingerprint density at radius 1 is 0.821 bits per heavy atom. The lowest BCUT2D eigenvalue weighted by atomic mass is 9.92. The zero-order valence-corrected chi connectivity index (χ0v) is 17.2. The molecule has 1 fully saturated rings. The van der Waals surface area contributed by atoms with Crippen LogP contribution >= 0.6 is 0 Å². The maximum absolute atomic E-state index is 13.2. The number of aryl methyl sites for hydroxylation is 2. The lowest BCUT2D eigenvalue weighted by Gasteiger charge is -2.22. The van der Waals surface area contributed by atoms with Gasteiger partial charge in [-0.2, -0.15) is 8.61 Å². The summed E-state index contributed by atoms with van der Waals surface area (Å²) >= 11 is 0. The number of imidazole rings is 1. The molecule has 0 bridgehead atoms. The molecule has 1 aliphatic heterocycles. The molecule has 2 aromatic rings. The third-order valence-electron chi connectivity index (χ3n) is 5.46. The summed E-state index contributed by atoms with van der Waals surface area (Å²) in [6.45, 7) is 0.824. The Morgan fingerprint density at radius 3 is 2.18 bits per heavy atom. The summed E-state index contributed by atoms with van der Waals surface area (Å²) in [5.74, 6) is 0. The van der Waals surface area contributed by atoms with Gasteiger partial charge in [-0.05, 0) is 55.4 Å². The maximum atomic E-state index is 13.2. The molecule has 0 unspecified atom stereocenters. The van der Waals surface area contributed by atoms with Crippen molar-refractivity contribution in [2.75, 3.05) is 26.2 Å². The molecule has 4 rings (SSSR count). The van der Waals surface area contributed by atoms with Crippen molar-refractivity contribution in [3.05, 3.63) is 41.9 Å². The molecule has 0 amide bonds. The number of nitrogens with zero attached hydrogens (tertiary/aromatic N) is 3. The summed E-state index contributed by atoms with van der Waals surface area (Å²) in [6, 6.07) is 5.41. The minimum absolute atomic E-state index is 0.0264. The first-order chi connectivity index (χ1) is 13.4. The van der Waals surface area contributed by atoms with E-state index in [1.165, 1.54) is 26.7 Å². The molecule has 28 heavy (non-hydrogen) atoms. The molecule has 1 aliphatic carbocycles. The van der Waals surface area contributed by atoms with Gasteiger partial charge >= 0.3 is 0 Å². The van der Waals surface area contributed by atoms with Gasteiger partial charge in [0.05, 0.1) is 17.4 Å². The van der Waals surface area contributed by atoms with Crippen LogP contribution in [0.5, 0.6) is 0 Å². The number of aromatic nitrogens is 2. The van der Waals surface area contributed by atoms with Crippen LogP contribution in [0.4, 0.5) is 0 Å². The highest BCUT2D eigenvalue weighted by molar-refractivity contribution is 7.89. The van der Waals surface area contributed by atoms with E-state index in [0.717, 1.165) is 31.2 Å². The third-order valence-corrected chi connectivity index (χ3v) is 9.18. The van der Waals surface area contributed by atoms with Gasteiger partial charge in [0.25, 0.3) is 10.0 Å². The second-order valence-electron chi connectivity index (χ2n) is 7.22. The fourth-order valence-corrected chi connectivity index (χ4v) is 6.78. The predicted octanol–water partition coefficient (Wildman–Crippen LogP) is 1.37. The van der Waals surface area contributed by atoms with E-state index in [1.807, 2.05) is 6.07 Å². The molecule has 0 atom stereocenters. The monoisotopic (exact) mass is 424 g/mol. The summed E-state index contributed by atoms with van der Waals surface area (Å²) in [7, 11) is -7.34. The highest BCUT2D eigenvalue weighted by Crippen LogP contribution is 2.26. The van der Waals surface area contributed by atoms with Gasteiger partial charge < -0.3 is 4.98 Å². The average Bonchev–Trinajstić information content (AvgIpc) is 3.12. The molecule has 152 valence electrons. The Bertz CT molecular complexity index is 1050. The zero-order valence-electron chi connectivity index (χ0n) is 15.5. The van der Waals surface area contributed by atoms with Crippen LogP contribution in [-0.4, -0.2) is 61.6 Å². The molecular weight excluding hydrogens is 400 g/mol. The van der Waals surface area contributed by atoms with E-state index in [0.29, 0.717) is 17.9 Å². The molecule has 8 nitrogen and oxygen atoms in total. The van der Waals surface area contributed by atoms with Gasteiger partial charge in [-0.15, -0.1) is 0 Å². The second kappa shape index (κ2) is 7.58. The Labute approximate surface area is 165 Å².